The van der Waals surface area contributed by atoms with Crippen molar-refractivity contribution in [1.82, 2.24) is 9.55 Å². The minimum Gasteiger partial charge on any atom is -0.545 e. The van der Waals surface area contributed by atoms with Gasteiger partial charge in [0.1, 0.15) is 5.69 Å². The Labute approximate surface area is 180 Å². The predicted molar refractivity (Wildman–Crippen MR) is 118 cm³/mol. The van der Waals surface area contributed by atoms with Gasteiger partial charge in [-0.3, -0.25) is 4.79 Å². The molecule has 0 radical (unpaired) electrons. The highest BCUT2D eigenvalue weighted by Gasteiger charge is 2.12. The zero-order chi connectivity index (χ0) is 22.4. The van der Waals surface area contributed by atoms with Crippen molar-refractivity contribution < 1.29 is 19.4 Å². The lowest BCUT2D eigenvalue weighted by atomic mass is 10.1. The second-order valence-corrected chi connectivity index (χ2v) is 6.83. The molecule has 0 N–H and O–H groups in total. The van der Waals surface area contributed by atoms with Crippen molar-refractivity contribution in [3.8, 4) is 11.5 Å². The zero-order valence-electron chi connectivity index (χ0n) is 17.9. The van der Waals surface area contributed by atoms with Crippen molar-refractivity contribution >= 4 is 29.2 Å². The number of carboxylic acid groups (broad SMARTS) is 1. The van der Waals surface area contributed by atoms with Crippen molar-refractivity contribution in [2.45, 2.75) is 33.7 Å². The molecule has 2 aromatic carbocycles. The number of rotatable bonds is 9. The quantitative estimate of drug-likeness (QED) is 0.527. The third-order valence-electron chi connectivity index (χ3n) is 4.70. The molecule has 7 nitrogen and oxygen atoms in total. The summed E-state index contributed by atoms with van der Waals surface area (Å²) in [5.74, 6) is -0.0482. The summed E-state index contributed by atoms with van der Waals surface area (Å²) in [5.41, 5.74) is 1.69. The van der Waals surface area contributed by atoms with Crippen LogP contribution < -0.4 is 20.1 Å². The normalized spacial score (nSPS) is 11.2. The summed E-state index contributed by atoms with van der Waals surface area (Å²) in [7, 11) is 0. The average molecular weight is 421 g/mol. The SMILES string of the molecule is CCCOc1c(/C=C/c2nc3cc(C(=O)[O-])ccc3n(CC)c2=O)cccc1OCC. The van der Waals surface area contributed by atoms with E-state index in [4.69, 9.17) is 9.47 Å². The maximum atomic E-state index is 12.9. The van der Waals surface area contributed by atoms with Crippen molar-refractivity contribution in [3.63, 3.8) is 0 Å². The molecule has 0 bridgehead atoms. The number of carbonyl (C=O) groups excluding carboxylic acids is 1. The summed E-state index contributed by atoms with van der Waals surface area (Å²) in [5, 5.41) is 11.2. The molecule has 3 aromatic rings. The van der Waals surface area contributed by atoms with Crippen LogP contribution in [-0.2, 0) is 6.54 Å². The number of carboxylic acids is 1. The Morgan fingerprint density at radius 2 is 1.94 bits per heavy atom. The molecule has 0 aliphatic rings. The molecule has 0 aliphatic carbocycles. The summed E-state index contributed by atoms with van der Waals surface area (Å²) in [6.45, 7) is 7.24. The molecule has 0 aliphatic heterocycles. The fourth-order valence-electron chi connectivity index (χ4n) is 3.28. The van der Waals surface area contributed by atoms with Crippen LogP contribution in [0.3, 0.4) is 0 Å². The molecule has 0 spiro atoms. The lowest BCUT2D eigenvalue weighted by molar-refractivity contribution is -0.255. The van der Waals surface area contributed by atoms with Crippen LogP contribution >= 0.6 is 0 Å². The standard InChI is InChI=1S/C24H26N2O5/c1-4-14-31-22-16(8-7-9-21(22)30-6-3)10-12-18-23(27)26(5-2)20-13-11-17(24(28)29)15-19(20)25-18/h7-13,15H,4-6,14H2,1-3H3,(H,28,29)/p-1/b12-10+. The number of fused-ring (bicyclic) bond motifs is 1. The number of benzene rings is 2. The van der Waals surface area contributed by atoms with Crippen LogP contribution in [-0.4, -0.2) is 28.7 Å². The lowest BCUT2D eigenvalue weighted by Crippen LogP contribution is -2.25. The van der Waals surface area contributed by atoms with Gasteiger partial charge in [0.05, 0.1) is 30.2 Å². The summed E-state index contributed by atoms with van der Waals surface area (Å²) in [4.78, 5) is 28.6. The largest absolute Gasteiger partial charge is 0.545 e. The van der Waals surface area contributed by atoms with E-state index in [2.05, 4.69) is 4.98 Å². The van der Waals surface area contributed by atoms with Crippen LogP contribution in [0.5, 0.6) is 11.5 Å². The van der Waals surface area contributed by atoms with Gasteiger partial charge < -0.3 is 23.9 Å². The number of aryl methyl sites for hydroxylation is 1. The van der Waals surface area contributed by atoms with Crippen molar-refractivity contribution in [2.75, 3.05) is 13.2 Å². The van der Waals surface area contributed by atoms with Crippen LogP contribution in [0.15, 0.2) is 41.2 Å². The molecule has 0 saturated carbocycles. The van der Waals surface area contributed by atoms with Gasteiger partial charge in [-0.2, -0.15) is 0 Å². The minimum absolute atomic E-state index is 0.0101. The number of para-hydroxylation sites is 1. The van der Waals surface area contributed by atoms with E-state index in [1.807, 2.05) is 39.0 Å². The zero-order valence-corrected chi connectivity index (χ0v) is 17.9. The Bertz CT molecular complexity index is 1180. The molecular weight excluding hydrogens is 396 g/mol. The highest BCUT2D eigenvalue weighted by atomic mass is 16.5. The summed E-state index contributed by atoms with van der Waals surface area (Å²) in [6.07, 6.45) is 4.22. The number of aromatic carboxylic acids is 1. The third kappa shape index (κ3) is 4.77. The van der Waals surface area contributed by atoms with E-state index in [1.54, 1.807) is 22.8 Å². The van der Waals surface area contributed by atoms with E-state index >= 15 is 0 Å². The van der Waals surface area contributed by atoms with Gasteiger partial charge in [-0.25, -0.2) is 4.98 Å². The maximum Gasteiger partial charge on any atom is 0.276 e. The molecule has 0 amide bonds. The van der Waals surface area contributed by atoms with E-state index in [0.717, 1.165) is 12.0 Å². The molecule has 0 atom stereocenters. The van der Waals surface area contributed by atoms with Gasteiger partial charge in [0, 0.05) is 12.1 Å². The Hall–Kier alpha value is -3.61. The first-order valence-electron chi connectivity index (χ1n) is 10.3. The van der Waals surface area contributed by atoms with Gasteiger partial charge in [-0.05, 0) is 56.2 Å². The van der Waals surface area contributed by atoms with Crippen molar-refractivity contribution in [3.05, 3.63) is 63.6 Å². The van der Waals surface area contributed by atoms with Gasteiger partial charge in [0.15, 0.2) is 11.5 Å². The number of aromatic nitrogens is 2. The fraction of sp³-hybridized carbons (Fsp3) is 0.292. The first-order chi connectivity index (χ1) is 15.0. The molecule has 31 heavy (non-hydrogen) atoms. The molecular formula is C24H25N2O5-. The predicted octanol–water partition coefficient (Wildman–Crippen LogP) is 3.14. The summed E-state index contributed by atoms with van der Waals surface area (Å²) >= 11 is 0. The van der Waals surface area contributed by atoms with Crippen LogP contribution in [0.1, 0.15) is 48.8 Å². The number of hydrogen-bond donors (Lipinski definition) is 0. The second kappa shape index (κ2) is 9.93. The van der Waals surface area contributed by atoms with E-state index in [0.29, 0.717) is 42.3 Å². The first kappa shape index (κ1) is 22.1. The van der Waals surface area contributed by atoms with Gasteiger partial charge in [-0.15, -0.1) is 0 Å². The smallest absolute Gasteiger partial charge is 0.276 e. The Morgan fingerprint density at radius 1 is 1.13 bits per heavy atom. The molecule has 3 rings (SSSR count). The lowest BCUT2D eigenvalue weighted by Gasteiger charge is -2.14. The van der Waals surface area contributed by atoms with Gasteiger partial charge in [-0.1, -0.05) is 25.1 Å². The Morgan fingerprint density at radius 3 is 2.61 bits per heavy atom. The topological polar surface area (TPSA) is 93.5 Å². The number of hydrogen-bond acceptors (Lipinski definition) is 6. The molecule has 7 heteroatoms. The molecule has 0 fully saturated rings. The van der Waals surface area contributed by atoms with Gasteiger partial charge >= 0.3 is 0 Å². The molecule has 0 saturated heterocycles. The average Bonchev–Trinajstić information content (AvgIpc) is 2.77. The highest BCUT2D eigenvalue weighted by molar-refractivity contribution is 5.91. The van der Waals surface area contributed by atoms with E-state index in [9.17, 15) is 14.7 Å². The summed E-state index contributed by atoms with van der Waals surface area (Å²) in [6, 6.07) is 9.97. The highest BCUT2D eigenvalue weighted by Crippen LogP contribution is 2.32. The number of nitrogens with zero attached hydrogens (tertiary/aromatic N) is 2. The van der Waals surface area contributed by atoms with Crippen LogP contribution in [0.25, 0.3) is 23.2 Å². The van der Waals surface area contributed by atoms with Crippen LogP contribution in [0.2, 0.25) is 0 Å². The molecule has 162 valence electrons. The third-order valence-corrected chi connectivity index (χ3v) is 4.70. The number of ether oxygens (including phenoxy) is 2. The van der Waals surface area contributed by atoms with Crippen molar-refractivity contribution in [1.29, 1.82) is 0 Å². The van der Waals surface area contributed by atoms with E-state index in [-0.39, 0.29) is 16.8 Å². The van der Waals surface area contributed by atoms with Gasteiger partial charge in [0.2, 0.25) is 0 Å². The Kier molecular flexibility index (Phi) is 7.07. The first-order valence-corrected chi connectivity index (χ1v) is 10.3. The monoisotopic (exact) mass is 421 g/mol. The Balaban J connectivity index is 2.10. The minimum atomic E-state index is -1.29. The fourth-order valence-corrected chi connectivity index (χ4v) is 3.28. The maximum absolute atomic E-state index is 12.9. The van der Waals surface area contributed by atoms with Crippen LogP contribution in [0.4, 0.5) is 0 Å². The molecule has 0 unspecified atom stereocenters. The van der Waals surface area contributed by atoms with Crippen LogP contribution in [0, 0.1) is 0 Å². The summed E-state index contributed by atoms with van der Waals surface area (Å²) < 4.78 is 13.1. The second-order valence-electron chi connectivity index (χ2n) is 6.83. The van der Waals surface area contributed by atoms with E-state index < -0.39 is 5.97 Å². The van der Waals surface area contributed by atoms with E-state index in [1.165, 1.54) is 12.1 Å². The number of carbonyl (C=O) groups is 1. The van der Waals surface area contributed by atoms with Crippen molar-refractivity contribution in [2.24, 2.45) is 0 Å². The van der Waals surface area contributed by atoms with Gasteiger partial charge in [0.25, 0.3) is 5.56 Å². The molecule has 1 aromatic heterocycles. The molecule has 1 heterocycles.